The Hall–Kier alpha value is -1.85. The molecular weight excluding hydrogens is 206 g/mol. The third-order valence-electron chi connectivity index (χ3n) is 2.32. The number of hydrogen-bond acceptors (Lipinski definition) is 4. The summed E-state index contributed by atoms with van der Waals surface area (Å²) < 4.78 is 1.78. The van der Waals surface area contributed by atoms with Gasteiger partial charge in [0.05, 0.1) is 17.1 Å². The van der Waals surface area contributed by atoms with Crippen molar-refractivity contribution in [2.75, 3.05) is 5.23 Å². The quantitative estimate of drug-likeness (QED) is 0.784. The molecule has 0 bridgehead atoms. The molecule has 5 heteroatoms. The Labute approximate surface area is 93.1 Å². The van der Waals surface area contributed by atoms with Crippen molar-refractivity contribution in [3.8, 4) is 5.69 Å². The SMILES string of the molecule is Cc1cc(C)n(-c2ccc(N([O-])O)cc2)n1. The molecule has 1 aromatic heterocycles. The molecule has 5 nitrogen and oxygen atoms in total. The van der Waals surface area contributed by atoms with Crippen molar-refractivity contribution in [1.82, 2.24) is 9.78 Å². The standard InChI is InChI=1S/C11H12N3O2/c1-8-7-9(2)13(12-8)10-3-5-11(6-4-10)14(15)16/h3-7,15H,1-2H3/q-1. The van der Waals surface area contributed by atoms with Gasteiger partial charge in [-0.1, -0.05) is 0 Å². The maximum Gasteiger partial charge on any atom is 0.0650 e. The molecule has 0 saturated heterocycles. The van der Waals surface area contributed by atoms with Gasteiger partial charge < -0.3 is 10.4 Å². The second-order valence-corrected chi connectivity index (χ2v) is 3.63. The van der Waals surface area contributed by atoms with Gasteiger partial charge in [0.1, 0.15) is 0 Å². The number of aromatic nitrogens is 2. The molecule has 16 heavy (non-hydrogen) atoms. The number of anilines is 1. The van der Waals surface area contributed by atoms with Gasteiger partial charge in [-0.05, 0) is 44.2 Å². The van der Waals surface area contributed by atoms with Crippen molar-refractivity contribution >= 4 is 5.69 Å². The predicted octanol–water partition coefficient (Wildman–Crippen LogP) is 2.18. The molecule has 0 unspecified atom stereocenters. The maximum atomic E-state index is 10.6. The minimum Gasteiger partial charge on any atom is -0.733 e. The molecule has 0 atom stereocenters. The van der Waals surface area contributed by atoms with Gasteiger partial charge in [0.2, 0.25) is 0 Å². The van der Waals surface area contributed by atoms with Crippen LogP contribution in [0.2, 0.25) is 0 Å². The number of benzene rings is 1. The van der Waals surface area contributed by atoms with E-state index < -0.39 is 0 Å². The molecule has 0 aliphatic heterocycles. The highest BCUT2D eigenvalue weighted by Crippen LogP contribution is 2.16. The van der Waals surface area contributed by atoms with Crippen LogP contribution in [0.15, 0.2) is 30.3 Å². The summed E-state index contributed by atoms with van der Waals surface area (Å²) in [4.78, 5) is 0. The van der Waals surface area contributed by atoms with Crippen LogP contribution in [0.25, 0.3) is 5.69 Å². The van der Waals surface area contributed by atoms with Crippen molar-refractivity contribution in [1.29, 1.82) is 0 Å². The van der Waals surface area contributed by atoms with Gasteiger partial charge in [0.25, 0.3) is 0 Å². The molecule has 0 fully saturated rings. The van der Waals surface area contributed by atoms with Crippen LogP contribution in [0.1, 0.15) is 11.4 Å². The van der Waals surface area contributed by atoms with Crippen LogP contribution in [-0.2, 0) is 0 Å². The van der Waals surface area contributed by atoms with E-state index in [1.165, 1.54) is 0 Å². The van der Waals surface area contributed by atoms with Gasteiger partial charge >= 0.3 is 0 Å². The second kappa shape index (κ2) is 3.96. The van der Waals surface area contributed by atoms with E-state index in [-0.39, 0.29) is 10.9 Å². The number of nitrogens with zero attached hydrogens (tertiary/aromatic N) is 3. The molecule has 1 heterocycles. The van der Waals surface area contributed by atoms with Crippen LogP contribution in [0.5, 0.6) is 0 Å². The molecular formula is C11H12N3O2-. The lowest BCUT2D eigenvalue weighted by atomic mass is 10.3. The highest BCUT2D eigenvalue weighted by molar-refractivity contribution is 5.49. The normalized spacial score (nSPS) is 10.5. The van der Waals surface area contributed by atoms with Gasteiger partial charge in [-0.2, -0.15) is 5.10 Å². The van der Waals surface area contributed by atoms with E-state index >= 15 is 0 Å². The third kappa shape index (κ3) is 1.91. The van der Waals surface area contributed by atoms with E-state index in [1.54, 1.807) is 28.9 Å². The van der Waals surface area contributed by atoms with Crippen LogP contribution in [0, 0.1) is 19.1 Å². The Balaban J connectivity index is 2.38. The summed E-state index contributed by atoms with van der Waals surface area (Å²) in [6.45, 7) is 3.88. The highest BCUT2D eigenvalue weighted by atomic mass is 16.8. The molecule has 0 spiro atoms. The summed E-state index contributed by atoms with van der Waals surface area (Å²) in [7, 11) is 0. The smallest absolute Gasteiger partial charge is 0.0650 e. The van der Waals surface area contributed by atoms with Gasteiger partial charge in [-0.15, -0.1) is 0 Å². The Kier molecular flexibility index (Phi) is 2.64. The van der Waals surface area contributed by atoms with Crippen LogP contribution in [0.4, 0.5) is 5.69 Å². The molecule has 1 aromatic carbocycles. The molecule has 1 N–H and O–H groups in total. The fourth-order valence-corrected chi connectivity index (χ4v) is 1.61. The van der Waals surface area contributed by atoms with E-state index in [2.05, 4.69) is 5.10 Å². The van der Waals surface area contributed by atoms with Crippen molar-refractivity contribution < 1.29 is 5.21 Å². The average Bonchev–Trinajstić information content (AvgIpc) is 2.58. The molecule has 0 radical (unpaired) electrons. The molecule has 2 rings (SSSR count). The summed E-state index contributed by atoms with van der Waals surface area (Å²) >= 11 is 0. The first-order valence-electron chi connectivity index (χ1n) is 4.88. The molecule has 0 aliphatic rings. The zero-order valence-electron chi connectivity index (χ0n) is 9.08. The Bertz CT molecular complexity index is 488. The largest absolute Gasteiger partial charge is 0.733 e. The lowest BCUT2D eigenvalue weighted by Crippen LogP contribution is -2.07. The molecule has 2 aromatic rings. The lowest BCUT2D eigenvalue weighted by Gasteiger charge is -2.21. The summed E-state index contributed by atoms with van der Waals surface area (Å²) in [6, 6.07) is 8.52. The first kappa shape index (κ1) is 10.7. The van der Waals surface area contributed by atoms with Gasteiger partial charge in [0, 0.05) is 5.69 Å². The molecule has 0 amide bonds. The summed E-state index contributed by atoms with van der Waals surface area (Å²) in [5, 5.41) is 23.5. The van der Waals surface area contributed by atoms with Crippen molar-refractivity contribution in [2.45, 2.75) is 13.8 Å². The topological polar surface area (TPSA) is 64.3 Å². The minimum atomic E-state index is -0.162. The minimum absolute atomic E-state index is 0.162. The fraction of sp³-hybridized carbons (Fsp3) is 0.182. The average molecular weight is 218 g/mol. The number of hydrogen-bond donors (Lipinski definition) is 1. The predicted molar refractivity (Wildman–Crippen MR) is 60.7 cm³/mol. The third-order valence-corrected chi connectivity index (χ3v) is 2.32. The zero-order valence-corrected chi connectivity index (χ0v) is 9.08. The molecule has 0 aliphatic carbocycles. The van der Waals surface area contributed by atoms with Crippen molar-refractivity contribution in [2.24, 2.45) is 0 Å². The van der Waals surface area contributed by atoms with Crippen molar-refractivity contribution in [3.05, 3.63) is 46.9 Å². The van der Waals surface area contributed by atoms with Gasteiger partial charge in [-0.25, -0.2) is 4.68 Å². The van der Waals surface area contributed by atoms with Crippen LogP contribution in [0.3, 0.4) is 0 Å². The van der Waals surface area contributed by atoms with E-state index in [4.69, 9.17) is 5.21 Å². The van der Waals surface area contributed by atoms with E-state index in [0.29, 0.717) is 0 Å². The molecule has 0 saturated carbocycles. The van der Waals surface area contributed by atoms with Gasteiger partial charge in [0.15, 0.2) is 0 Å². The first-order valence-corrected chi connectivity index (χ1v) is 4.88. The maximum absolute atomic E-state index is 10.6. The fourth-order valence-electron chi connectivity index (χ4n) is 1.61. The molecule has 84 valence electrons. The second-order valence-electron chi connectivity index (χ2n) is 3.63. The van der Waals surface area contributed by atoms with Crippen LogP contribution >= 0.6 is 0 Å². The van der Waals surface area contributed by atoms with Crippen LogP contribution in [-0.4, -0.2) is 15.0 Å². The number of rotatable bonds is 2. The van der Waals surface area contributed by atoms with Crippen molar-refractivity contribution in [3.63, 3.8) is 0 Å². The van der Waals surface area contributed by atoms with E-state index in [1.807, 2.05) is 19.9 Å². The Morgan fingerprint density at radius 3 is 2.31 bits per heavy atom. The summed E-state index contributed by atoms with van der Waals surface area (Å²) in [5.74, 6) is 0. The van der Waals surface area contributed by atoms with Gasteiger partial charge in [-0.3, -0.25) is 5.21 Å². The first-order chi connectivity index (χ1) is 7.58. The zero-order chi connectivity index (χ0) is 11.7. The lowest BCUT2D eigenvalue weighted by molar-refractivity contribution is 0.296. The summed E-state index contributed by atoms with van der Waals surface area (Å²) in [6.07, 6.45) is 0. The number of aryl methyl sites for hydroxylation is 2. The summed E-state index contributed by atoms with van der Waals surface area (Å²) in [5.41, 5.74) is 3.02. The Morgan fingerprint density at radius 1 is 1.25 bits per heavy atom. The Morgan fingerprint density at radius 2 is 1.88 bits per heavy atom. The monoisotopic (exact) mass is 218 g/mol. The van der Waals surface area contributed by atoms with E-state index in [9.17, 15) is 5.21 Å². The highest BCUT2D eigenvalue weighted by Gasteiger charge is 2.03. The van der Waals surface area contributed by atoms with E-state index in [0.717, 1.165) is 17.1 Å². The van der Waals surface area contributed by atoms with Crippen LogP contribution < -0.4 is 5.23 Å².